The van der Waals surface area contributed by atoms with E-state index in [0.29, 0.717) is 31.5 Å². The number of halogens is 2. The molecular weight excluding hydrogens is 534 g/mol. The summed E-state index contributed by atoms with van der Waals surface area (Å²) in [5.41, 5.74) is 3.58. The number of aryl methyl sites for hydroxylation is 1. The van der Waals surface area contributed by atoms with Gasteiger partial charge in [-0.1, -0.05) is 30.3 Å². The number of ether oxygens (including phenoxy) is 1. The van der Waals surface area contributed by atoms with E-state index in [9.17, 15) is 15.3 Å². The molecule has 0 saturated heterocycles. The standard InChI is InChI=1S/C25H17Br2N3O2/c1-16-5-4-8-21(9-16)30-25(31)20(14-29)10-17-11-22(26)24(23(27)12-17)32-15-19-7-3-2-6-18(19)13-28/h2-12H,15H2,1H3,(H,30,31)/b20-10-. The first-order chi connectivity index (χ1) is 15.4. The Morgan fingerprint density at radius 1 is 1.06 bits per heavy atom. The number of nitrogens with zero attached hydrogens (tertiary/aromatic N) is 2. The third kappa shape index (κ3) is 5.85. The predicted molar refractivity (Wildman–Crippen MR) is 131 cm³/mol. The molecule has 0 aliphatic rings. The smallest absolute Gasteiger partial charge is 0.266 e. The van der Waals surface area contributed by atoms with E-state index in [-0.39, 0.29) is 12.2 Å². The van der Waals surface area contributed by atoms with Gasteiger partial charge in [0.05, 0.1) is 20.6 Å². The van der Waals surface area contributed by atoms with Gasteiger partial charge < -0.3 is 10.1 Å². The highest BCUT2D eigenvalue weighted by atomic mass is 79.9. The molecule has 0 heterocycles. The largest absolute Gasteiger partial charge is 0.486 e. The first-order valence-electron chi connectivity index (χ1n) is 9.51. The van der Waals surface area contributed by atoms with Gasteiger partial charge in [-0.2, -0.15) is 10.5 Å². The van der Waals surface area contributed by atoms with E-state index in [4.69, 9.17) is 4.74 Å². The molecule has 1 N–H and O–H groups in total. The normalized spacial score (nSPS) is 10.7. The summed E-state index contributed by atoms with van der Waals surface area (Å²) in [4.78, 5) is 12.5. The molecule has 1 amide bonds. The number of hydrogen-bond donors (Lipinski definition) is 1. The molecule has 0 unspecified atom stereocenters. The highest BCUT2D eigenvalue weighted by molar-refractivity contribution is 9.11. The molecule has 0 aliphatic carbocycles. The van der Waals surface area contributed by atoms with Crippen molar-refractivity contribution in [3.63, 3.8) is 0 Å². The van der Waals surface area contributed by atoms with E-state index in [1.165, 1.54) is 6.08 Å². The number of amides is 1. The molecule has 158 valence electrons. The molecular formula is C25H17Br2N3O2. The second-order valence-corrected chi connectivity index (χ2v) is 8.57. The fraction of sp³-hybridized carbons (Fsp3) is 0.0800. The summed E-state index contributed by atoms with van der Waals surface area (Å²) in [6.45, 7) is 2.15. The lowest BCUT2D eigenvalue weighted by Gasteiger charge is -2.12. The first kappa shape index (κ1) is 23.3. The van der Waals surface area contributed by atoms with Crippen molar-refractivity contribution in [3.05, 3.63) is 97.4 Å². The lowest BCUT2D eigenvalue weighted by Crippen LogP contribution is -2.13. The van der Waals surface area contributed by atoms with Crippen LogP contribution < -0.4 is 10.1 Å². The summed E-state index contributed by atoms with van der Waals surface area (Å²) in [7, 11) is 0. The summed E-state index contributed by atoms with van der Waals surface area (Å²) in [5, 5.41) is 21.5. The summed E-state index contributed by atoms with van der Waals surface area (Å²) in [6, 6.07) is 22.2. The van der Waals surface area contributed by atoms with E-state index in [0.717, 1.165) is 11.1 Å². The quantitative estimate of drug-likeness (QED) is 0.280. The third-order valence-electron chi connectivity index (χ3n) is 4.48. The van der Waals surface area contributed by atoms with Gasteiger partial charge in [0.2, 0.25) is 0 Å². The Morgan fingerprint density at radius 3 is 2.44 bits per heavy atom. The van der Waals surface area contributed by atoms with Gasteiger partial charge in [0.1, 0.15) is 24.0 Å². The molecule has 0 bridgehead atoms. The van der Waals surface area contributed by atoms with Crippen molar-refractivity contribution >= 4 is 49.5 Å². The van der Waals surface area contributed by atoms with Crippen LogP contribution in [0.2, 0.25) is 0 Å². The molecule has 5 nitrogen and oxygen atoms in total. The maximum Gasteiger partial charge on any atom is 0.266 e. The topological polar surface area (TPSA) is 85.9 Å². The van der Waals surface area contributed by atoms with E-state index >= 15 is 0 Å². The van der Waals surface area contributed by atoms with Crippen molar-refractivity contribution in [2.45, 2.75) is 13.5 Å². The third-order valence-corrected chi connectivity index (χ3v) is 5.66. The lowest BCUT2D eigenvalue weighted by atomic mass is 10.1. The first-order valence-corrected chi connectivity index (χ1v) is 11.1. The van der Waals surface area contributed by atoms with Gasteiger partial charge >= 0.3 is 0 Å². The SMILES string of the molecule is Cc1cccc(NC(=O)/C(C#N)=C\c2cc(Br)c(OCc3ccccc3C#N)c(Br)c2)c1. The van der Waals surface area contributed by atoms with Gasteiger partial charge in [-0.15, -0.1) is 0 Å². The highest BCUT2D eigenvalue weighted by Crippen LogP contribution is 2.36. The average molecular weight is 551 g/mol. The number of hydrogen-bond acceptors (Lipinski definition) is 4. The number of carbonyl (C=O) groups excluding carboxylic acids is 1. The molecule has 3 aromatic carbocycles. The molecule has 32 heavy (non-hydrogen) atoms. The number of nitriles is 2. The van der Waals surface area contributed by atoms with E-state index in [2.05, 4.69) is 43.2 Å². The van der Waals surface area contributed by atoms with Gasteiger partial charge in [-0.05, 0) is 86.3 Å². The molecule has 0 saturated carbocycles. The zero-order chi connectivity index (χ0) is 23.1. The van der Waals surface area contributed by atoms with Crippen molar-refractivity contribution in [2.24, 2.45) is 0 Å². The minimum Gasteiger partial charge on any atom is -0.486 e. The van der Waals surface area contributed by atoms with Crippen molar-refractivity contribution in [3.8, 4) is 17.9 Å². The fourth-order valence-corrected chi connectivity index (χ4v) is 4.39. The second kappa shape index (κ2) is 10.8. The summed E-state index contributed by atoms with van der Waals surface area (Å²) >= 11 is 6.97. The number of rotatable bonds is 6. The number of carbonyl (C=O) groups is 1. The van der Waals surface area contributed by atoms with Crippen LogP contribution in [0.4, 0.5) is 5.69 Å². The molecule has 3 rings (SSSR count). The summed E-state index contributed by atoms with van der Waals surface area (Å²) in [6.07, 6.45) is 1.51. The molecule has 7 heteroatoms. The van der Waals surface area contributed by atoms with Crippen LogP contribution in [0.15, 0.2) is 75.2 Å². The van der Waals surface area contributed by atoms with E-state index in [1.807, 2.05) is 43.3 Å². The number of benzene rings is 3. The Morgan fingerprint density at radius 2 is 1.78 bits per heavy atom. The summed E-state index contributed by atoms with van der Waals surface area (Å²) in [5.74, 6) is 0.0661. The average Bonchev–Trinajstić information content (AvgIpc) is 2.77. The van der Waals surface area contributed by atoms with Crippen molar-refractivity contribution in [1.29, 1.82) is 10.5 Å². The number of nitrogens with one attached hydrogen (secondary N) is 1. The van der Waals surface area contributed by atoms with Gasteiger partial charge in [-0.3, -0.25) is 4.79 Å². The minimum atomic E-state index is -0.487. The van der Waals surface area contributed by atoms with Crippen molar-refractivity contribution < 1.29 is 9.53 Å². The van der Waals surface area contributed by atoms with Gasteiger partial charge in [0.25, 0.3) is 5.91 Å². The fourth-order valence-electron chi connectivity index (χ4n) is 2.94. The van der Waals surface area contributed by atoms with E-state index in [1.54, 1.807) is 30.3 Å². The Hall–Kier alpha value is -3.39. The summed E-state index contributed by atoms with van der Waals surface area (Å²) < 4.78 is 7.20. The molecule has 0 spiro atoms. The predicted octanol–water partition coefficient (Wildman–Crippen LogP) is 6.52. The molecule has 0 aromatic heterocycles. The Kier molecular flexibility index (Phi) is 7.83. The van der Waals surface area contributed by atoms with Gasteiger partial charge in [0, 0.05) is 11.3 Å². The van der Waals surface area contributed by atoms with Crippen LogP contribution in [0.5, 0.6) is 5.75 Å². The zero-order valence-corrected chi connectivity index (χ0v) is 20.2. The van der Waals surface area contributed by atoms with Crippen LogP contribution in [-0.4, -0.2) is 5.91 Å². The van der Waals surface area contributed by atoms with Gasteiger partial charge in [-0.25, -0.2) is 0 Å². The molecule has 0 atom stereocenters. The van der Waals surface area contributed by atoms with Crippen LogP contribution in [-0.2, 0) is 11.4 Å². The van der Waals surface area contributed by atoms with Gasteiger partial charge in [0.15, 0.2) is 0 Å². The van der Waals surface area contributed by atoms with Crippen LogP contribution in [0.3, 0.4) is 0 Å². The van der Waals surface area contributed by atoms with Crippen molar-refractivity contribution in [2.75, 3.05) is 5.32 Å². The van der Waals surface area contributed by atoms with Crippen LogP contribution >= 0.6 is 31.9 Å². The lowest BCUT2D eigenvalue weighted by molar-refractivity contribution is -0.112. The molecule has 3 aromatic rings. The maximum absolute atomic E-state index is 12.5. The van der Waals surface area contributed by atoms with Crippen molar-refractivity contribution in [1.82, 2.24) is 0 Å². The minimum absolute atomic E-state index is 0.0260. The van der Waals surface area contributed by atoms with Crippen LogP contribution in [0.1, 0.15) is 22.3 Å². The highest BCUT2D eigenvalue weighted by Gasteiger charge is 2.13. The maximum atomic E-state index is 12.5. The van der Waals surface area contributed by atoms with E-state index < -0.39 is 5.91 Å². The Balaban J connectivity index is 1.79. The van der Waals surface area contributed by atoms with Crippen LogP contribution in [0, 0.1) is 29.6 Å². The van der Waals surface area contributed by atoms with Crippen LogP contribution in [0.25, 0.3) is 6.08 Å². The monoisotopic (exact) mass is 549 g/mol. The zero-order valence-electron chi connectivity index (χ0n) is 17.0. The Bertz CT molecular complexity index is 1260. The molecule has 0 radical (unpaired) electrons. The Labute approximate surface area is 203 Å². The molecule has 0 fully saturated rings. The molecule has 0 aliphatic heterocycles. The second-order valence-electron chi connectivity index (χ2n) is 6.86. The number of anilines is 1.